The van der Waals surface area contributed by atoms with Gasteiger partial charge in [-0.05, 0) is 266 Å². The molecular formula is C100H74N6. The van der Waals surface area contributed by atoms with Gasteiger partial charge in [0.1, 0.15) is 0 Å². The van der Waals surface area contributed by atoms with Crippen LogP contribution in [0.15, 0.2) is 291 Å². The monoisotopic (exact) mass is 1360 g/mol. The minimum absolute atomic E-state index is 0.626. The summed E-state index contributed by atoms with van der Waals surface area (Å²) < 4.78 is 0. The minimum Gasteiger partial charge on any atom is -0.372 e. The second-order valence-corrected chi connectivity index (χ2v) is 26.3. The molecule has 0 spiro atoms. The fraction of sp³-hybridized carbons (Fsp3) is 0.100. The number of nitriles is 2. The van der Waals surface area contributed by atoms with Gasteiger partial charge in [-0.15, -0.1) is 0 Å². The van der Waals surface area contributed by atoms with Gasteiger partial charge in [-0.2, -0.15) is 10.5 Å². The highest BCUT2D eigenvalue weighted by atomic mass is 15.1. The molecule has 0 saturated heterocycles. The van der Waals surface area contributed by atoms with Crippen molar-refractivity contribution in [3.63, 3.8) is 0 Å². The molecule has 0 heterocycles. The van der Waals surface area contributed by atoms with Crippen LogP contribution in [0, 0.1) is 83.9 Å². The van der Waals surface area contributed by atoms with Crippen molar-refractivity contribution < 1.29 is 0 Å². The van der Waals surface area contributed by atoms with Crippen molar-refractivity contribution in [2.45, 2.75) is 41.5 Å². The number of hydrogen-bond acceptors (Lipinski definition) is 6. The second-order valence-electron chi connectivity index (χ2n) is 26.3. The van der Waals surface area contributed by atoms with Gasteiger partial charge in [0.2, 0.25) is 0 Å². The van der Waals surface area contributed by atoms with E-state index in [1.807, 2.05) is 24.3 Å². The molecular weight excluding hydrogens is 1290 g/mol. The number of benzene rings is 16. The molecule has 16 aromatic carbocycles. The smallest absolute Gasteiger partial charge is 0.0991 e. The van der Waals surface area contributed by atoms with Crippen LogP contribution < -0.4 is 19.6 Å². The molecule has 0 fully saturated rings. The average Bonchev–Trinajstić information content (AvgIpc) is 0.724. The lowest BCUT2D eigenvalue weighted by Crippen LogP contribution is -2.22. The van der Waals surface area contributed by atoms with E-state index < -0.39 is 0 Å². The average molecular weight is 1360 g/mol. The first-order valence-corrected chi connectivity index (χ1v) is 36.2. The lowest BCUT2D eigenvalue weighted by Gasteiger charge is -2.25. The summed E-state index contributed by atoms with van der Waals surface area (Å²) in [7, 11) is 0. The van der Waals surface area contributed by atoms with Gasteiger partial charge in [-0.1, -0.05) is 169 Å². The molecule has 0 amide bonds. The first kappa shape index (κ1) is 67.8. The van der Waals surface area contributed by atoms with Crippen LogP contribution in [-0.4, -0.2) is 26.2 Å². The zero-order valence-corrected chi connectivity index (χ0v) is 60.2. The summed E-state index contributed by atoms with van der Waals surface area (Å²) in [5.41, 5.74) is 20.3. The molecule has 106 heavy (non-hydrogen) atoms. The molecule has 0 aliphatic carbocycles. The predicted octanol–water partition coefficient (Wildman–Crippen LogP) is 23.8. The summed E-state index contributed by atoms with van der Waals surface area (Å²) in [4.78, 5) is 9.38. The Morgan fingerprint density at radius 1 is 0.236 bits per heavy atom. The molecule has 504 valence electrons. The van der Waals surface area contributed by atoms with E-state index in [0.29, 0.717) is 11.1 Å². The number of aryl methyl sites for hydroxylation is 2. The topological polar surface area (TPSA) is 60.5 Å². The van der Waals surface area contributed by atoms with Crippen LogP contribution in [0.25, 0.3) is 64.6 Å². The van der Waals surface area contributed by atoms with Crippen molar-refractivity contribution in [1.29, 1.82) is 10.5 Å². The number of rotatable bonds is 12. The van der Waals surface area contributed by atoms with E-state index in [1.54, 1.807) is 24.3 Å². The van der Waals surface area contributed by atoms with E-state index >= 15 is 0 Å². The molecule has 0 aliphatic heterocycles. The lowest BCUT2D eigenvalue weighted by atomic mass is 9.87. The third-order valence-corrected chi connectivity index (χ3v) is 20.1. The summed E-state index contributed by atoms with van der Waals surface area (Å²) in [6.45, 7) is 16.8. The van der Waals surface area contributed by atoms with E-state index in [2.05, 4.69) is 363 Å². The molecule has 0 unspecified atom stereocenters. The van der Waals surface area contributed by atoms with E-state index in [9.17, 15) is 0 Å². The van der Waals surface area contributed by atoms with Crippen molar-refractivity contribution in [2.75, 3.05) is 45.8 Å². The molecule has 16 aromatic rings. The molecule has 0 radical (unpaired) electrons. The van der Waals surface area contributed by atoms with Gasteiger partial charge in [0.25, 0.3) is 0 Å². The van der Waals surface area contributed by atoms with Crippen molar-refractivity contribution in [2.24, 2.45) is 0 Å². The Morgan fingerprint density at radius 2 is 0.462 bits per heavy atom. The largest absolute Gasteiger partial charge is 0.372 e. The summed E-state index contributed by atoms with van der Waals surface area (Å²) >= 11 is 0. The molecule has 6 heteroatoms. The van der Waals surface area contributed by atoms with E-state index in [1.165, 1.54) is 65.6 Å². The van der Waals surface area contributed by atoms with Crippen LogP contribution in [0.5, 0.6) is 0 Å². The Morgan fingerprint density at radius 3 is 0.736 bits per heavy atom. The second kappa shape index (κ2) is 30.3. The Balaban J connectivity index is 0.000000185. The third kappa shape index (κ3) is 13.5. The zero-order chi connectivity index (χ0) is 72.6. The molecule has 0 atom stereocenters. The summed E-state index contributed by atoms with van der Waals surface area (Å²) in [5, 5.41) is 32.7. The number of anilines is 8. The molecule has 0 aliphatic rings. The third-order valence-electron chi connectivity index (χ3n) is 20.1. The molecule has 0 aromatic heterocycles. The predicted molar refractivity (Wildman–Crippen MR) is 445 cm³/mol. The van der Waals surface area contributed by atoms with Gasteiger partial charge >= 0.3 is 0 Å². The summed E-state index contributed by atoms with van der Waals surface area (Å²) in [6, 6.07) is 105. The molecule has 0 saturated carbocycles. The number of para-hydroxylation sites is 4. The van der Waals surface area contributed by atoms with E-state index in [0.717, 1.165) is 126 Å². The van der Waals surface area contributed by atoms with Gasteiger partial charge in [0.15, 0.2) is 0 Å². The SMILES string of the molecule is CCN(CC)c1cc(C#Cc2ccc(C#N)cc2)c2ccc3c(C)cc(C#Cc4ccc(C#N)cc4)c4ccc1c2c34.CCN(CC)c1cc(C#Cc2ccc(N(c3ccccc3)c3ccccc3)cc2)c2ccc3c(C)cc(C#Cc4ccc(N(c5ccccc5)c5ccccc5)cc4)c4ccc1c2c34. The first-order chi connectivity index (χ1) is 52.1. The van der Waals surface area contributed by atoms with Crippen LogP contribution in [0.2, 0.25) is 0 Å². The van der Waals surface area contributed by atoms with Crippen LogP contribution in [0.4, 0.5) is 45.5 Å². The maximum Gasteiger partial charge on any atom is 0.0991 e. The van der Waals surface area contributed by atoms with Crippen LogP contribution in [0.1, 0.15) is 94.5 Å². The van der Waals surface area contributed by atoms with Gasteiger partial charge in [-0.3, -0.25) is 0 Å². The Hall–Kier alpha value is -14.0. The van der Waals surface area contributed by atoms with Crippen molar-refractivity contribution in [3.8, 4) is 59.5 Å². The number of hydrogen-bond donors (Lipinski definition) is 0. The highest BCUT2D eigenvalue weighted by Crippen LogP contribution is 2.46. The summed E-state index contributed by atoms with van der Waals surface area (Å²) in [6.07, 6.45) is 0. The van der Waals surface area contributed by atoms with Crippen LogP contribution >= 0.6 is 0 Å². The van der Waals surface area contributed by atoms with Crippen molar-refractivity contribution >= 4 is 110 Å². The minimum atomic E-state index is 0.626. The van der Waals surface area contributed by atoms with Gasteiger partial charge in [0, 0.05) is 138 Å². The Kier molecular flexibility index (Phi) is 19.4. The maximum absolute atomic E-state index is 9.16. The fourth-order valence-corrected chi connectivity index (χ4v) is 14.8. The Bertz CT molecular complexity index is 6200. The zero-order valence-electron chi connectivity index (χ0n) is 60.2. The molecule has 16 rings (SSSR count). The van der Waals surface area contributed by atoms with Gasteiger partial charge in [-0.25, -0.2) is 0 Å². The van der Waals surface area contributed by atoms with Gasteiger partial charge in [0.05, 0.1) is 23.3 Å². The highest BCUT2D eigenvalue weighted by molar-refractivity contribution is 6.29. The summed E-state index contributed by atoms with van der Waals surface area (Å²) in [5.74, 6) is 27.9. The van der Waals surface area contributed by atoms with E-state index in [-0.39, 0.29) is 0 Å². The van der Waals surface area contributed by atoms with Crippen LogP contribution in [-0.2, 0) is 0 Å². The van der Waals surface area contributed by atoms with E-state index in [4.69, 9.17) is 10.5 Å². The van der Waals surface area contributed by atoms with Crippen molar-refractivity contribution in [3.05, 3.63) is 358 Å². The maximum atomic E-state index is 9.16. The fourth-order valence-electron chi connectivity index (χ4n) is 14.8. The standard InChI is InChI=1S/C61H47N3.C39H27N3/c1-4-62(5-2)59-43-48(33-27-46-30-36-54(37-31-46)64(51-22-14-8-15-23-51)52-24-16-9-17-25-52)57-39-38-55-44(3)42-47(56-40-41-58(59)61(57)60(55)56)32-26-45-28-34-53(35-29-45)63(49-18-10-6-11-19-49)50-20-12-7-13-21-50;1-4-42(5-2)37-23-32(17-15-28-8-12-30(25-41)13-9-28)35-19-18-33-26(3)22-31(34-20-21-36(37)39(35)38(33)34)16-14-27-6-10-29(24-40)11-7-27/h6-25,28-31,34-43H,4-5H2,1-3H3;6-13,18-23H,4-5H2,1-3H3. The normalized spacial score (nSPS) is 10.8. The number of nitrogens with zero attached hydrogens (tertiary/aromatic N) is 6. The van der Waals surface area contributed by atoms with Gasteiger partial charge < -0.3 is 19.6 Å². The van der Waals surface area contributed by atoms with Crippen LogP contribution in [0.3, 0.4) is 0 Å². The van der Waals surface area contributed by atoms with Crippen molar-refractivity contribution in [1.82, 2.24) is 0 Å². The molecule has 0 N–H and O–H groups in total. The molecule has 6 nitrogen and oxygen atoms in total. The molecule has 0 bridgehead atoms. The highest BCUT2D eigenvalue weighted by Gasteiger charge is 2.22. The lowest BCUT2D eigenvalue weighted by molar-refractivity contribution is 0.870. The first-order valence-electron chi connectivity index (χ1n) is 36.2. The Labute approximate surface area is 621 Å². The quantitative estimate of drug-likeness (QED) is 0.0897.